The molecule has 1 saturated heterocycles. The predicted octanol–water partition coefficient (Wildman–Crippen LogP) is 2.78. The van der Waals surface area contributed by atoms with Gasteiger partial charge in [-0.2, -0.15) is 0 Å². The number of piperidine rings is 1. The maximum atomic E-state index is 12.5. The fourth-order valence-corrected chi connectivity index (χ4v) is 4.06. The monoisotopic (exact) mass is 389 g/mol. The Morgan fingerprint density at radius 2 is 2.00 bits per heavy atom. The molecule has 1 fully saturated rings. The van der Waals surface area contributed by atoms with Crippen LogP contribution in [0.1, 0.15) is 31.0 Å². The topological polar surface area (TPSA) is 67.6 Å². The molecular formula is C20H27N3O3S. The first-order valence-electron chi connectivity index (χ1n) is 9.29. The van der Waals surface area contributed by atoms with Gasteiger partial charge in [-0.05, 0) is 36.5 Å². The second kappa shape index (κ2) is 9.28. The molecule has 2 aromatic rings. The number of nitrogens with zero attached hydrogens (tertiary/aromatic N) is 3. The van der Waals surface area contributed by atoms with E-state index in [9.17, 15) is 9.90 Å². The van der Waals surface area contributed by atoms with Crippen molar-refractivity contribution in [3.63, 3.8) is 0 Å². The molecule has 1 aliphatic heterocycles. The minimum atomic E-state index is -0.110. The summed E-state index contributed by atoms with van der Waals surface area (Å²) in [4.78, 5) is 18.9. The molecule has 6 nitrogen and oxygen atoms in total. The number of ether oxygens (including phenoxy) is 1. The largest absolute Gasteiger partial charge is 0.497 e. The van der Waals surface area contributed by atoms with Gasteiger partial charge in [0.05, 0.1) is 25.2 Å². The van der Waals surface area contributed by atoms with Gasteiger partial charge in [0.2, 0.25) is 5.91 Å². The van der Waals surface area contributed by atoms with Crippen molar-refractivity contribution in [3.8, 4) is 5.75 Å². The van der Waals surface area contributed by atoms with Gasteiger partial charge in [0.15, 0.2) is 5.16 Å². The first kappa shape index (κ1) is 19.8. The van der Waals surface area contributed by atoms with Crippen LogP contribution in [0.3, 0.4) is 0 Å². The number of carbonyl (C=O) groups is 1. The molecule has 0 saturated carbocycles. The van der Waals surface area contributed by atoms with Crippen molar-refractivity contribution in [1.82, 2.24) is 14.5 Å². The summed E-state index contributed by atoms with van der Waals surface area (Å²) in [6.45, 7) is 4.46. The number of aromatic nitrogens is 2. The van der Waals surface area contributed by atoms with Crippen LogP contribution in [0.4, 0.5) is 0 Å². The number of thioether (sulfide) groups is 1. The molecule has 0 radical (unpaired) electrons. The fraction of sp³-hybridized carbons (Fsp3) is 0.500. The van der Waals surface area contributed by atoms with E-state index in [4.69, 9.17) is 4.74 Å². The quantitative estimate of drug-likeness (QED) is 0.738. The van der Waals surface area contributed by atoms with Crippen molar-refractivity contribution in [1.29, 1.82) is 0 Å². The first-order chi connectivity index (χ1) is 13.1. The SMILES string of the molecule is COc1ccc(Cn2cc(CO)nc2SCC(=O)N2CCC(C)CC2)cc1. The molecule has 3 rings (SSSR count). The van der Waals surface area contributed by atoms with Crippen molar-refractivity contribution in [3.05, 3.63) is 41.7 Å². The Morgan fingerprint density at radius 1 is 1.30 bits per heavy atom. The first-order valence-corrected chi connectivity index (χ1v) is 10.3. The molecule has 1 aromatic carbocycles. The van der Waals surface area contributed by atoms with Crippen LogP contribution < -0.4 is 4.74 Å². The Hall–Kier alpha value is -1.99. The van der Waals surface area contributed by atoms with Crippen molar-refractivity contribution in [2.75, 3.05) is 26.0 Å². The van der Waals surface area contributed by atoms with Crippen molar-refractivity contribution in [2.45, 2.75) is 38.1 Å². The van der Waals surface area contributed by atoms with E-state index in [1.807, 2.05) is 39.9 Å². The second-order valence-electron chi connectivity index (χ2n) is 7.00. The van der Waals surface area contributed by atoms with Crippen LogP contribution >= 0.6 is 11.8 Å². The Bertz CT molecular complexity index is 752. The van der Waals surface area contributed by atoms with Crippen LogP contribution in [0.25, 0.3) is 0 Å². The molecule has 1 aliphatic rings. The Kier molecular flexibility index (Phi) is 6.79. The standard InChI is InChI=1S/C20H27N3O3S/c1-15-7-9-22(10-8-15)19(25)14-27-20-21-17(13-24)12-23(20)11-16-3-5-18(26-2)6-4-16/h3-6,12,15,24H,7-11,13-14H2,1-2H3. The number of hydrogen-bond donors (Lipinski definition) is 1. The number of methoxy groups -OCH3 is 1. The van der Waals surface area contributed by atoms with Gasteiger partial charge in [-0.3, -0.25) is 4.79 Å². The zero-order valence-electron chi connectivity index (χ0n) is 15.9. The summed E-state index contributed by atoms with van der Waals surface area (Å²) in [6.07, 6.45) is 4.01. The van der Waals surface area contributed by atoms with E-state index in [1.54, 1.807) is 7.11 Å². The Labute approximate surface area is 164 Å². The predicted molar refractivity (Wildman–Crippen MR) is 106 cm³/mol. The van der Waals surface area contributed by atoms with E-state index in [0.717, 1.165) is 42.4 Å². The summed E-state index contributed by atoms with van der Waals surface area (Å²) in [5.41, 5.74) is 1.72. The Balaban J connectivity index is 1.64. The van der Waals surface area contributed by atoms with Gasteiger partial charge in [-0.15, -0.1) is 0 Å². The molecule has 1 amide bonds. The van der Waals surface area contributed by atoms with Crippen LogP contribution in [-0.4, -0.2) is 51.4 Å². The smallest absolute Gasteiger partial charge is 0.233 e. The van der Waals surface area contributed by atoms with Crippen molar-refractivity contribution in [2.24, 2.45) is 5.92 Å². The minimum Gasteiger partial charge on any atom is -0.497 e. The second-order valence-corrected chi connectivity index (χ2v) is 7.94. The van der Waals surface area contributed by atoms with E-state index >= 15 is 0 Å². The normalized spacial score (nSPS) is 15.1. The molecule has 0 unspecified atom stereocenters. The lowest BCUT2D eigenvalue weighted by Gasteiger charge is -2.30. The van der Waals surface area contributed by atoms with Gasteiger partial charge in [0.1, 0.15) is 5.75 Å². The van der Waals surface area contributed by atoms with Crippen LogP contribution in [0, 0.1) is 5.92 Å². The third-order valence-electron chi connectivity index (χ3n) is 4.92. The molecule has 146 valence electrons. The summed E-state index contributed by atoms with van der Waals surface area (Å²) in [5, 5.41) is 10.2. The van der Waals surface area contributed by atoms with Crippen molar-refractivity contribution >= 4 is 17.7 Å². The van der Waals surface area contributed by atoms with Gasteiger partial charge in [-0.1, -0.05) is 30.8 Å². The van der Waals surface area contributed by atoms with E-state index in [0.29, 0.717) is 23.9 Å². The number of hydrogen-bond acceptors (Lipinski definition) is 5. The average molecular weight is 390 g/mol. The number of imidazole rings is 1. The lowest BCUT2D eigenvalue weighted by molar-refractivity contribution is -0.129. The molecule has 1 N–H and O–H groups in total. The third-order valence-corrected chi connectivity index (χ3v) is 5.90. The van der Waals surface area contributed by atoms with Crippen LogP contribution in [0.5, 0.6) is 5.75 Å². The molecule has 27 heavy (non-hydrogen) atoms. The molecule has 2 heterocycles. The minimum absolute atomic E-state index is 0.110. The molecule has 1 aromatic heterocycles. The van der Waals surface area contributed by atoms with E-state index in [-0.39, 0.29) is 12.5 Å². The highest BCUT2D eigenvalue weighted by molar-refractivity contribution is 7.99. The van der Waals surface area contributed by atoms with Crippen LogP contribution in [0.15, 0.2) is 35.6 Å². The summed E-state index contributed by atoms with van der Waals surface area (Å²) in [6, 6.07) is 7.86. The zero-order chi connectivity index (χ0) is 19.2. The van der Waals surface area contributed by atoms with Gasteiger partial charge < -0.3 is 19.3 Å². The molecule has 0 atom stereocenters. The van der Waals surface area contributed by atoms with Gasteiger partial charge in [0, 0.05) is 25.8 Å². The summed E-state index contributed by atoms with van der Waals surface area (Å²) < 4.78 is 7.18. The number of benzene rings is 1. The lowest BCUT2D eigenvalue weighted by Crippen LogP contribution is -2.38. The lowest BCUT2D eigenvalue weighted by atomic mass is 9.99. The van der Waals surface area contributed by atoms with E-state index in [1.165, 1.54) is 11.8 Å². The molecule has 7 heteroatoms. The highest BCUT2D eigenvalue weighted by atomic mass is 32.2. The highest BCUT2D eigenvalue weighted by Crippen LogP contribution is 2.22. The molecular weight excluding hydrogens is 362 g/mol. The molecule has 0 bridgehead atoms. The van der Waals surface area contributed by atoms with Crippen LogP contribution in [0.2, 0.25) is 0 Å². The average Bonchev–Trinajstić information content (AvgIpc) is 3.09. The van der Waals surface area contributed by atoms with Gasteiger partial charge in [-0.25, -0.2) is 4.98 Å². The zero-order valence-corrected chi connectivity index (χ0v) is 16.7. The number of carbonyl (C=O) groups excluding carboxylic acids is 1. The number of rotatable bonds is 7. The summed E-state index contributed by atoms with van der Waals surface area (Å²) in [5.74, 6) is 2.06. The van der Waals surface area contributed by atoms with Gasteiger partial charge >= 0.3 is 0 Å². The number of likely N-dealkylation sites (tertiary alicyclic amines) is 1. The maximum Gasteiger partial charge on any atom is 0.233 e. The van der Waals surface area contributed by atoms with E-state index in [2.05, 4.69) is 11.9 Å². The summed E-state index contributed by atoms with van der Waals surface area (Å²) >= 11 is 1.44. The number of amides is 1. The Morgan fingerprint density at radius 3 is 2.63 bits per heavy atom. The third kappa shape index (κ3) is 5.26. The van der Waals surface area contributed by atoms with Crippen molar-refractivity contribution < 1.29 is 14.6 Å². The highest BCUT2D eigenvalue weighted by Gasteiger charge is 2.21. The molecule has 0 aliphatic carbocycles. The fourth-order valence-electron chi connectivity index (χ4n) is 3.16. The van der Waals surface area contributed by atoms with E-state index < -0.39 is 0 Å². The number of aliphatic hydroxyl groups is 1. The number of aliphatic hydroxyl groups excluding tert-OH is 1. The van der Waals surface area contributed by atoms with Crippen LogP contribution in [-0.2, 0) is 17.9 Å². The summed E-state index contributed by atoms with van der Waals surface area (Å²) in [7, 11) is 1.65. The maximum absolute atomic E-state index is 12.5. The van der Waals surface area contributed by atoms with Gasteiger partial charge in [0.25, 0.3) is 0 Å². The molecule has 0 spiro atoms.